The molecule has 0 spiro atoms. The van der Waals surface area contributed by atoms with E-state index in [0.717, 1.165) is 23.6 Å². The van der Waals surface area contributed by atoms with Crippen molar-refractivity contribution in [3.63, 3.8) is 0 Å². The molecule has 0 N–H and O–H groups in total. The number of unbranched alkanes of at least 4 members (excludes halogenated alkanes) is 2. The summed E-state index contributed by atoms with van der Waals surface area (Å²) >= 11 is 0. The predicted octanol–water partition coefficient (Wildman–Crippen LogP) is 8.67. The van der Waals surface area contributed by atoms with Gasteiger partial charge in [-0.25, -0.2) is 8.78 Å². The highest BCUT2D eigenvalue weighted by atomic mass is 19.4. The molecular formula is C32H23F5. The molecule has 186 valence electrons. The minimum atomic E-state index is -4.79. The van der Waals surface area contributed by atoms with Gasteiger partial charge in [0, 0.05) is 22.1 Å². The van der Waals surface area contributed by atoms with E-state index < -0.39 is 23.4 Å². The zero-order valence-corrected chi connectivity index (χ0v) is 20.1. The van der Waals surface area contributed by atoms with Gasteiger partial charge in [0.05, 0.1) is 11.1 Å². The molecule has 0 aromatic heterocycles. The molecule has 4 aromatic rings. The van der Waals surface area contributed by atoms with Gasteiger partial charge in [-0.15, -0.1) is 0 Å². The van der Waals surface area contributed by atoms with Crippen molar-refractivity contribution >= 4 is 10.8 Å². The molecule has 4 rings (SSSR count). The minimum absolute atomic E-state index is 0.0182. The van der Waals surface area contributed by atoms with Gasteiger partial charge < -0.3 is 0 Å². The van der Waals surface area contributed by atoms with Crippen molar-refractivity contribution in [1.29, 1.82) is 0 Å². The lowest BCUT2D eigenvalue weighted by atomic mass is 10.0. The Morgan fingerprint density at radius 3 is 2.03 bits per heavy atom. The van der Waals surface area contributed by atoms with E-state index in [1.165, 1.54) is 30.9 Å². The Kier molecular flexibility index (Phi) is 7.95. The van der Waals surface area contributed by atoms with Crippen LogP contribution in [0.4, 0.5) is 22.0 Å². The van der Waals surface area contributed by atoms with Crippen LogP contribution in [0.1, 0.15) is 59.6 Å². The highest BCUT2D eigenvalue weighted by Crippen LogP contribution is 2.31. The minimum Gasteiger partial charge on any atom is -0.206 e. The maximum Gasteiger partial charge on any atom is 0.419 e. The number of halogens is 5. The molecule has 0 bridgehead atoms. The Bertz CT molecular complexity index is 1540. The van der Waals surface area contributed by atoms with Gasteiger partial charge in [-0.1, -0.05) is 67.7 Å². The molecule has 0 aliphatic heterocycles. The van der Waals surface area contributed by atoms with Gasteiger partial charge in [-0.2, -0.15) is 13.2 Å². The maximum atomic E-state index is 15.0. The number of rotatable bonds is 4. The molecule has 0 radical (unpaired) electrons. The fourth-order valence-electron chi connectivity index (χ4n) is 3.91. The van der Waals surface area contributed by atoms with E-state index >= 15 is 4.39 Å². The molecule has 0 aliphatic carbocycles. The summed E-state index contributed by atoms with van der Waals surface area (Å²) in [7, 11) is 0. The van der Waals surface area contributed by atoms with Gasteiger partial charge in [0.15, 0.2) is 0 Å². The second-order valence-electron chi connectivity index (χ2n) is 8.71. The Morgan fingerprint density at radius 1 is 0.676 bits per heavy atom. The number of hydrogen-bond donors (Lipinski definition) is 0. The number of aryl methyl sites for hydroxylation is 1. The second-order valence-corrected chi connectivity index (χ2v) is 8.71. The zero-order chi connectivity index (χ0) is 26.4. The summed E-state index contributed by atoms with van der Waals surface area (Å²) in [5.41, 5.74) is 1.64. The van der Waals surface area contributed by atoms with Gasteiger partial charge in [-0.3, -0.25) is 0 Å². The lowest BCUT2D eigenvalue weighted by molar-refractivity contribution is -0.140. The van der Waals surface area contributed by atoms with Crippen molar-refractivity contribution in [2.24, 2.45) is 0 Å². The van der Waals surface area contributed by atoms with Gasteiger partial charge in [-0.05, 0) is 72.3 Å². The van der Waals surface area contributed by atoms with Crippen LogP contribution >= 0.6 is 0 Å². The standard InChI is InChI=1S/C32H23F5/c1-2-3-4-5-22-6-8-23(9-7-22)10-11-24-13-18-28-27(20-24)17-16-26(31(28)34)15-12-25-14-19-29(30(33)21-25)32(35,36)37/h6-9,13-14,16-21H,2-5H2,1H3. The van der Waals surface area contributed by atoms with Crippen molar-refractivity contribution in [2.75, 3.05) is 0 Å². The molecule has 0 unspecified atom stereocenters. The molecule has 0 fully saturated rings. The molecule has 0 aliphatic rings. The van der Waals surface area contributed by atoms with Gasteiger partial charge in [0.25, 0.3) is 0 Å². The number of benzene rings is 4. The first-order chi connectivity index (χ1) is 17.7. The van der Waals surface area contributed by atoms with Crippen molar-refractivity contribution in [1.82, 2.24) is 0 Å². The molecule has 0 saturated heterocycles. The summed E-state index contributed by atoms with van der Waals surface area (Å²) in [5, 5.41) is 0.981. The van der Waals surface area contributed by atoms with Crippen LogP contribution in [0.2, 0.25) is 0 Å². The summed E-state index contributed by atoms with van der Waals surface area (Å²) in [6, 6.07) is 18.9. The van der Waals surface area contributed by atoms with Crippen LogP contribution in [0.25, 0.3) is 10.8 Å². The van der Waals surface area contributed by atoms with E-state index in [-0.39, 0.29) is 11.1 Å². The average molecular weight is 503 g/mol. The Hall–Kier alpha value is -4.09. The first kappa shape index (κ1) is 26.0. The first-order valence-electron chi connectivity index (χ1n) is 12.0. The highest BCUT2D eigenvalue weighted by Gasteiger charge is 2.33. The average Bonchev–Trinajstić information content (AvgIpc) is 2.87. The Balaban J connectivity index is 1.52. The topological polar surface area (TPSA) is 0 Å². The van der Waals surface area contributed by atoms with Crippen LogP contribution in [0.15, 0.2) is 72.8 Å². The van der Waals surface area contributed by atoms with Crippen LogP contribution in [0.3, 0.4) is 0 Å². The summed E-state index contributed by atoms with van der Waals surface area (Å²) < 4.78 is 67.0. The molecule has 0 nitrogen and oxygen atoms in total. The summed E-state index contributed by atoms with van der Waals surface area (Å²) in [5.74, 6) is 9.39. The Labute approximate surface area is 213 Å². The number of hydrogen-bond acceptors (Lipinski definition) is 0. The summed E-state index contributed by atoms with van der Waals surface area (Å²) in [6.45, 7) is 2.18. The lowest BCUT2D eigenvalue weighted by Crippen LogP contribution is -2.07. The van der Waals surface area contributed by atoms with Crippen LogP contribution < -0.4 is 0 Å². The van der Waals surface area contributed by atoms with Crippen LogP contribution in [0.5, 0.6) is 0 Å². The third-order valence-corrected chi connectivity index (χ3v) is 5.94. The van der Waals surface area contributed by atoms with Crippen molar-refractivity contribution in [2.45, 2.75) is 38.8 Å². The van der Waals surface area contributed by atoms with E-state index in [1.54, 1.807) is 24.3 Å². The van der Waals surface area contributed by atoms with Crippen LogP contribution in [0, 0.1) is 35.3 Å². The fraction of sp³-hybridized carbons (Fsp3) is 0.188. The van der Waals surface area contributed by atoms with Crippen molar-refractivity contribution in [3.05, 3.63) is 118 Å². The molecule has 4 aromatic carbocycles. The number of alkyl halides is 3. The van der Waals surface area contributed by atoms with Crippen molar-refractivity contribution < 1.29 is 22.0 Å². The van der Waals surface area contributed by atoms with E-state index in [4.69, 9.17) is 0 Å². The van der Waals surface area contributed by atoms with Crippen LogP contribution in [-0.4, -0.2) is 0 Å². The molecule has 0 amide bonds. The normalized spacial score (nSPS) is 11.0. The molecule has 0 heterocycles. The fourth-order valence-corrected chi connectivity index (χ4v) is 3.91. The predicted molar refractivity (Wildman–Crippen MR) is 137 cm³/mol. The van der Waals surface area contributed by atoms with E-state index in [9.17, 15) is 17.6 Å². The third kappa shape index (κ3) is 6.57. The third-order valence-electron chi connectivity index (χ3n) is 5.94. The van der Waals surface area contributed by atoms with Gasteiger partial charge >= 0.3 is 6.18 Å². The lowest BCUT2D eigenvalue weighted by Gasteiger charge is -2.07. The maximum absolute atomic E-state index is 15.0. The molecule has 37 heavy (non-hydrogen) atoms. The van der Waals surface area contributed by atoms with Gasteiger partial charge in [0.1, 0.15) is 11.6 Å². The monoisotopic (exact) mass is 502 g/mol. The summed E-state index contributed by atoms with van der Waals surface area (Å²) in [6.07, 6.45) is -0.140. The zero-order valence-electron chi connectivity index (χ0n) is 20.1. The SMILES string of the molecule is CCCCCc1ccc(C#Cc2ccc3c(F)c(C#Cc4ccc(C(F)(F)F)c(F)c4)ccc3c2)cc1. The van der Waals surface area contributed by atoms with E-state index in [2.05, 4.69) is 42.7 Å². The van der Waals surface area contributed by atoms with E-state index in [0.29, 0.717) is 22.9 Å². The Morgan fingerprint density at radius 2 is 1.32 bits per heavy atom. The first-order valence-corrected chi connectivity index (χ1v) is 12.0. The van der Waals surface area contributed by atoms with E-state index in [1.807, 2.05) is 12.1 Å². The molecule has 0 saturated carbocycles. The number of fused-ring (bicyclic) bond motifs is 1. The summed E-state index contributed by atoms with van der Waals surface area (Å²) in [4.78, 5) is 0. The molecule has 0 atom stereocenters. The molecular weight excluding hydrogens is 479 g/mol. The smallest absolute Gasteiger partial charge is 0.206 e. The molecule has 5 heteroatoms. The highest BCUT2D eigenvalue weighted by molar-refractivity contribution is 5.86. The quantitative estimate of drug-likeness (QED) is 0.149. The van der Waals surface area contributed by atoms with Crippen LogP contribution in [-0.2, 0) is 12.6 Å². The van der Waals surface area contributed by atoms with Gasteiger partial charge in [0.2, 0.25) is 0 Å². The second kappa shape index (κ2) is 11.3. The van der Waals surface area contributed by atoms with Crippen molar-refractivity contribution in [3.8, 4) is 23.7 Å². The largest absolute Gasteiger partial charge is 0.419 e.